The van der Waals surface area contributed by atoms with E-state index in [0.717, 1.165) is 12.8 Å². The van der Waals surface area contributed by atoms with Gasteiger partial charge in [-0.1, -0.05) is 52.3 Å². The zero-order chi connectivity index (χ0) is 27.1. The van der Waals surface area contributed by atoms with Gasteiger partial charge in [0.15, 0.2) is 0 Å². The molecule has 37 heavy (non-hydrogen) atoms. The van der Waals surface area contributed by atoms with Gasteiger partial charge in [0.2, 0.25) is 17.7 Å². The van der Waals surface area contributed by atoms with Crippen molar-refractivity contribution in [1.29, 1.82) is 0 Å². The van der Waals surface area contributed by atoms with Crippen molar-refractivity contribution in [1.82, 2.24) is 10.2 Å². The van der Waals surface area contributed by atoms with Crippen LogP contribution in [0.25, 0.3) is 0 Å². The summed E-state index contributed by atoms with van der Waals surface area (Å²) in [5.74, 6) is -2.19. The van der Waals surface area contributed by atoms with Gasteiger partial charge in [0.25, 0.3) is 0 Å². The molecule has 3 amide bonds. The fourth-order valence-electron chi connectivity index (χ4n) is 7.16. The van der Waals surface area contributed by atoms with Crippen molar-refractivity contribution in [2.75, 3.05) is 11.9 Å². The minimum absolute atomic E-state index is 0.0379. The van der Waals surface area contributed by atoms with E-state index < -0.39 is 35.1 Å². The second kappa shape index (κ2) is 10.4. The van der Waals surface area contributed by atoms with Gasteiger partial charge in [0.05, 0.1) is 30.1 Å². The van der Waals surface area contributed by atoms with E-state index in [1.165, 1.54) is 0 Å². The molecule has 8 nitrogen and oxygen atoms in total. The average molecular weight is 514 g/mol. The molecule has 4 unspecified atom stereocenters. The number of anilines is 1. The molecule has 4 rings (SSSR count). The van der Waals surface area contributed by atoms with Crippen LogP contribution in [0.4, 0.5) is 5.69 Å². The number of aliphatic hydroxyl groups excluding tert-OH is 1. The summed E-state index contributed by atoms with van der Waals surface area (Å²) in [5, 5.41) is 16.5. The highest BCUT2D eigenvalue weighted by molar-refractivity contribution is 6.02. The fourth-order valence-corrected chi connectivity index (χ4v) is 7.16. The fraction of sp³-hybridized carbons (Fsp3) is 0.690. The number of carbonyl (C=O) groups excluding carboxylic acids is 3. The molecule has 2 bridgehead atoms. The minimum Gasteiger partial charge on any atom is -0.394 e. The molecule has 3 fully saturated rings. The number of nitrogens with zero attached hydrogens (tertiary/aromatic N) is 1. The van der Waals surface area contributed by atoms with Gasteiger partial charge in [-0.05, 0) is 57.1 Å². The highest BCUT2D eigenvalue weighted by atomic mass is 16.5. The summed E-state index contributed by atoms with van der Waals surface area (Å²) in [6, 6.07) is 7.68. The Bertz CT molecular complexity index is 1020. The molecular weight excluding hydrogens is 470 g/mol. The Morgan fingerprint density at radius 1 is 1.19 bits per heavy atom. The average Bonchev–Trinajstić information content (AvgIpc) is 3.35. The van der Waals surface area contributed by atoms with E-state index in [2.05, 4.69) is 17.6 Å². The number of nitrogens with one attached hydrogen (secondary N) is 2. The van der Waals surface area contributed by atoms with Crippen LogP contribution >= 0.6 is 0 Å². The molecule has 1 aromatic carbocycles. The molecule has 3 aliphatic rings. The SMILES string of the molecule is CCCC(C)NC(=O)C1N([C@@H](CO)CC(C)C)C(=O)[C@@H]2[C@@H](C(=O)Nc3ccccc3)[C@]3(C)OC12CC3C. The molecule has 3 N–H and O–H groups in total. The summed E-state index contributed by atoms with van der Waals surface area (Å²) in [6.45, 7) is 11.8. The number of likely N-dealkylation sites (tertiary alicyclic amines) is 1. The van der Waals surface area contributed by atoms with Crippen LogP contribution in [0.5, 0.6) is 0 Å². The van der Waals surface area contributed by atoms with Crippen LogP contribution in [-0.4, -0.2) is 63.7 Å². The van der Waals surface area contributed by atoms with Gasteiger partial charge in [-0.15, -0.1) is 0 Å². The predicted molar refractivity (Wildman–Crippen MR) is 142 cm³/mol. The van der Waals surface area contributed by atoms with Crippen LogP contribution in [0.2, 0.25) is 0 Å². The van der Waals surface area contributed by atoms with Gasteiger partial charge >= 0.3 is 0 Å². The number of rotatable bonds is 10. The second-order valence-corrected chi connectivity index (χ2v) is 12.0. The number of para-hydroxylation sites is 1. The molecule has 0 aliphatic carbocycles. The lowest BCUT2D eigenvalue weighted by atomic mass is 9.62. The largest absolute Gasteiger partial charge is 0.394 e. The minimum atomic E-state index is -1.12. The monoisotopic (exact) mass is 513 g/mol. The maximum atomic E-state index is 14.3. The highest BCUT2D eigenvalue weighted by Gasteiger charge is 2.80. The van der Waals surface area contributed by atoms with Crippen molar-refractivity contribution >= 4 is 23.4 Å². The van der Waals surface area contributed by atoms with Crippen molar-refractivity contribution in [3.8, 4) is 0 Å². The second-order valence-electron chi connectivity index (χ2n) is 12.0. The summed E-state index contributed by atoms with van der Waals surface area (Å²) < 4.78 is 6.76. The Morgan fingerprint density at radius 3 is 2.46 bits per heavy atom. The van der Waals surface area contributed by atoms with Gasteiger partial charge in [-0.2, -0.15) is 0 Å². The van der Waals surface area contributed by atoms with Crippen LogP contribution in [0, 0.1) is 23.7 Å². The summed E-state index contributed by atoms with van der Waals surface area (Å²) in [7, 11) is 0. The molecule has 3 saturated heterocycles. The van der Waals surface area contributed by atoms with Gasteiger partial charge in [0, 0.05) is 11.7 Å². The van der Waals surface area contributed by atoms with E-state index in [0.29, 0.717) is 18.5 Å². The Balaban J connectivity index is 1.77. The van der Waals surface area contributed by atoms with Gasteiger partial charge in [-0.3, -0.25) is 14.4 Å². The molecular formula is C29H43N3O5. The number of aliphatic hydroxyl groups is 1. The van der Waals surface area contributed by atoms with Crippen molar-refractivity contribution in [2.45, 2.75) is 96.6 Å². The summed E-state index contributed by atoms with van der Waals surface area (Å²) in [4.78, 5) is 43.6. The zero-order valence-electron chi connectivity index (χ0n) is 23.0. The summed E-state index contributed by atoms with van der Waals surface area (Å²) >= 11 is 0. The number of hydrogen-bond acceptors (Lipinski definition) is 5. The Morgan fingerprint density at radius 2 is 1.86 bits per heavy atom. The van der Waals surface area contributed by atoms with E-state index >= 15 is 0 Å². The first kappa shape index (κ1) is 27.6. The van der Waals surface area contributed by atoms with E-state index in [1.54, 1.807) is 4.90 Å². The zero-order valence-corrected chi connectivity index (χ0v) is 23.0. The molecule has 3 aliphatic heterocycles. The number of ether oxygens (including phenoxy) is 1. The van der Waals surface area contributed by atoms with E-state index in [-0.39, 0.29) is 42.2 Å². The Kier molecular flexibility index (Phi) is 7.73. The number of carbonyl (C=O) groups is 3. The van der Waals surface area contributed by atoms with Crippen molar-refractivity contribution in [2.24, 2.45) is 23.7 Å². The van der Waals surface area contributed by atoms with Crippen LogP contribution in [0.1, 0.15) is 67.2 Å². The predicted octanol–water partition coefficient (Wildman–Crippen LogP) is 3.35. The standard InChI is InChI=1S/C29H43N3O5/c1-7-11-19(5)30-26(35)24-29-15-18(4)28(6,37-29)22(25(34)31-20-12-9-8-10-13-20)23(29)27(36)32(24)21(16-33)14-17(2)3/h8-10,12-13,17-19,21-24,33H,7,11,14-16H2,1-6H3,(H,30,35)(H,31,34)/t18?,19?,21-,22+,23+,24?,28-,29?/m1/s1. The molecule has 8 atom stereocenters. The van der Waals surface area contributed by atoms with Crippen molar-refractivity contribution in [3.63, 3.8) is 0 Å². The lowest BCUT2D eigenvalue weighted by molar-refractivity contribution is -0.150. The van der Waals surface area contributed by atoms with Crippen LogP contribution in [-0.2, 0) is 19.1 Å². The summed E-state index contributed by atoms with van der Waals surface area (Å²) in [6.07, 6.45) is 2.79. The molecule has 1 aromatic rings. The molecule has 1 spiro atoms. The van der Waals surface area contributed by atoms with Gasteiger partial charge in [0.1, 0.15) is 11.6 Å². The number of amides is 3. The first-order valence-electron chi connectivity index (χ1n) is 13.8. The third-order valence-corrected chi connectivity index (χ3v) is 8.78. The van der Waals surface area contributed by atoms with Crippen molar-refractivity contribution < 1.29 is 24.2 Å². The number of fused-ring (bicyclic) bond motifs is 1. The van der Waals surface area contributed by atoms with Crippen LogP contribution in [0.15, 0.2) is 30.3 Å². The van der Waals surface area contributed by atoms with Gasteiger partial charge < -0.3 is 25.4 Å². The number of benzene rings is 1. The summed E-state index contributed by atoms with van der Waals surface area (Å²) in [5.41, 5.74) is -1.35. The Hall–Kier alpha value is -2.45. The molecule has 0 aromatic heterocycles. The third kappa shape index (κ3) is 4.56. The quantitative estimate of drug-likeness (QED) is 0.445. The molecule has 204 valence electrons. The van der Waals surface area contributed by atoms with Crippen LogP contribution < -0.4 is 10.6 Å². The van der Waals surface area contributed by atoms with E-state index in [4.69, 9.17) is 4.74 Å². The van der Waals surface area contributed by atoms with E-state index in [9.17, 15) is 19.5 Å². The van der Waals surface area contributed by atoms with E-state index in [1.807, 2.05) is 65.0 Å². The Labute approximate surface area is 220 Å². The smallest absolute Gasteiger partial charge is 0.246 e. The molecule has 3 heterocycles. The van der Waals surface area contributed by atoms with Crippen LogP contribution in [0.3, 0.4) is 0 Å². The first-order chi connectivity index (χ1) is 17.5. The highest BCUT2D eigenvalue weighted by Crippen LogP contribution is 2.65. The van der Waals surface area contributed by atoms with Crippen molar-refractivity contribution in [3.05, 3.63) is 30.3 Å². The number of hydrogen-bond donors (Lipinski definition) is 3. The maximum Gasteiger partial charge on any atom is 0.246 e. The maximum absolute atomic E-state index is 14.3. The van der Waals surface area contributed by atoms with Gasteiger partial charge in [-0.25, -0.2) is 0 Å². The third-order valence-electron chi connectivity index (χ3n) is 8.78. The molecule has 0 radical (unpaired) electrons. The molecule has 0 saturated carbocycles. The lowest BCUT2D eigenvalue weighted by Crippen LogP contribution is -2.59. The lowest BCUT2D eigenvalue weighted by Gasteiger charge is -2.38. The topological polar surface area (TPSA) is 108 Å². The molecule has 8 heteroatoms. The first-order valence-corrected chi connectivity index (χ1v) is 13.8. The normalized spacial score (nSPS) is 33.9.